The topological polar surface area (TPSA) is 57.6 Å². The molecule has 0 heterocycles. The number of benzene rings is 1. The molecule has 1 amide bonds. The molecule has 2 unspecified atom stereocenters. The Labute approximate surface area is 136 Å². The van der Waals surface area contributed by atoms with Crippen molar-refractivity contribution >= 4 is 23.6 Å². The summed E-state index contributed by atoms with van der Waals surface area (Å²) in [4.78, 5) is 25.7. The van der Waals surface area contributed by atoms with Gasteiger partial charge in [0.15, 0.2) is 0 Å². The summed E-state index contributed by atoms with van der Waals surface area (Å²) >= 11 is 1.61. The van der Waals surface area contributed by atoms with E-state index in [0.717, 1.165) is 5.56 Å². The lowest BCUT2D eigenvalue weighted by molar-refractivity contribution is -0.152. The van der Waals surface area contributed by atoms with E-state index in [4.69, 9.17) is 0 Å². The van der Waals surface area contributed by atoms with Gasteiger partial charge in [0.05, 0.1) is 0 Å². The fourth-order valence-electron chi connectivity index (χ4n) is 2.23. The summed E-state index contributed by atoms with van der Waals surface area (Å²) in [6.07, 6.45) is 2.40. The quantitative estimate of drug-likeness (QED) is 0.798. The minimum atomic E-state index is -0.939. The van der Waals surface area contributed by atoms with Crippen molar-refractivity contribution in [3.05, 3.63) is 35.9 Å². The molecule has 0 aliphatic rings. The lowest BCUT2D eigenvalue weighted by Gasteiger charge is -2.32. The molecule has 1 aromatic rings. The first-order valence-electron chi connectivity index (χ1n) is 7.46. The van der Waals surface area contributed by atoms with Gasteiger partial charge in [-0.25, -0.2) is 4.79 Å². The zero-order chi connectivity index (χ0) is 16.7. The molecule has 0 spiro atoms. The molecule has 1 aromatic carbocycles. The average Bonchev–Trinajstić information content (AvgIpc) is 2.50. The van der Waals surface area contributed by atoms with Crippen LogP contribution in [0.3, 0.4) is 0 Å². The van der Waals surface area contributed by atoms with Crippen molar-refractivity contribution in [2.75, 3.05) is 6.26 Å². The van der Waals surface area contributed by atoms with E-state index in [1.54, 1.807) is 25.6 Å². The maximum Gasteiger partial charge on any atom is 0.326 e. The van der Waals surface area contributed by atoms with E-state index in [1.165, 1.54) is 4.90 Å². The highest BCUT2D eigenvalue weighted by Gasteiger charge is 2.32. The summed E-state index contributed by atoms with van der Waals surface area (Å²) in [7, 11) is 0. The van der Waals surface area contributed by atoms with Crippen molar-refractivity contribution in [3.8, 4) is 0 Å². The summed E-state index contributed by atoms with van der Waals surface area (Å²) in [5.74, 6) is -1.29. The van der Waals surface area contributed by atoms with Gasteiger partial charge in [-0.2, -0.15) is 11.8 Å². The number of rotatable bonds is 8. The number of nitrogens with zero attached hydrogens (tertiary/aromatic N) is 1. The van der Waals surface area contributed by atoms with Gasteiger partial charge in [-0.1, -0.05) is 51.1 Å². The molecule has 0 aliphatic heterocycles. The van der Waals surface area contributed by atoms with Crippen LogP contribution in [0.1, 0.15) is 32.8 Å². The molecule has 1 rings (SSSR count). The van der Waals surface area contributed by atoms with Gasteiger partial charge in [0, 0.05) is 17.7 Å². The summed E-state index contributed by atoms with van der Waals surface area (Å²) in [5, 5.41) is 9.77. The Bertz CT molecular complexity index is 490. The predicted molar refractivity (Wildman–Crippen MR) is 90.8 cm³/mol. The van der Waals surface area contributed by atoms with Crippen LogP contribution in [-0.4, -0.2) is 39.4 Å². The van der Waals surface area contributed by atoms with E-state index in [2.05, 4.69) is 0 Å². The molecule has 0 radical (unpaired) electrons. The van der Waals surface area contributed by atoms with Crippen LogP contribution >= 0.6 is 11.8 Å². The van der Waals surface area contributed by atoms with E-state index < -0.39 is 12.0 Å². The van der Waals surface area contributed by atoms with E-state index in [0.29, 0.717) is 13.0 Å². The van der Waals surface area contributed by atoms with Gasteiger partial charge in [-0.3, -0.25) is 4.79 Å². The second kappa shape index (κ2) is 8.83. The van der Waals surface area contributed by atoms with E-state index in [1.807, 2.05) is 43.5 Å². The number of carbonyl (C=O) groups is 2. The molecule has 0 saturated heterocycles. The second-order valence-corrected chi connectivity index (χ2v) is 7.02. The number of amides is 1. The number of carbonyl (C=O) groups excluding carboxylic acids is 1. The summed E-state index contributed by atoms with van der Waals surface area (Å²) in [6, 6.07) is 8.73. The molecule has 4 nitrogen and oxygen atoms in total. The third-order valence-electron chi connectivity index (χ3n) is 3.59. The van der Waals surface area contributed by atoms with Crippen LogP contribution < -0.4 is 0 Å². The predicted octanol–water partition coefficient (Wildman–Crippen LogP) is 3.27. The van der Waals surface area contributed by atoms with E-state index >= 15 is 0 Å². The number of hydrogen-bond acceptors (Lipinski definition) is 3. The van der Waals surface area contributed by atoms with Crippen LogP contribution in [0.2, 0.25) is 0 Å². The molecule has 2 atom stereocenters. The zero-order valence-corrected chi connectivity index (χ0v) is 14.5. The Morgan fingerprint density at radius 3 is 2.23 bits per heavy atom. The van der Waals surface area contributed by atoms with E-state index in [-0.39, 0.29) is 17.1 Å². The Hall–Kier alpha value is -1.49. The van der Waals surface area contributed by atoms with Crippen molar-refractivity contribution in [2.24, 2.45) is 5.92 Å². The molecule has 22 heavy (non-hydrogen) atoms. The maximum atomic E-state index is 12.5. The molecule has 122 valence electrons. The molecular weight excluding hydrogens is 298 g/mol. The lowest BCUT2D eigenvalue weighted by atomic mass is 10.1. The van der Waals surface area contributed by atoms with Crippen molar-refractivity contribution in [1.82, 2.24) is 4.90 Å². The summed E-state index contributed by atoms with van der Waals surface area (Å²) in [6.45, 7) is 5.92. The fourth-order valence-corrected chi connectivity index (χ4v) is 2.60. The highest BCUT2D eigenvalue weighted by atomic mass is 32.2. The van der Waals surface area contributed by atoms with Gasteiger partial charge < -0.3 is 10.0 Å². The first-order chi connectivity index (χ1) is 10.4. The number of thioether (sulfide) groups is 1. The van der Waals surface area contributed by atoms with Gasteiger partial charge in [0.2, 0.25) is 5.91 Å². The number of carboxylic acid groups (broad SMARTS) is 1. The third kappa shape index (κ3) is 5.37. The number of carboxylic acids is 1. The Kier molecular flexibility index (Phi) is 7.45. The van der Waals surface area contributed by atoms with Crippen LogP contribution in [0.4, 0.5) is 0 Å². The van der Waals surface area contributed by atoms with Crippen LogP contribution in [0.15, 0.2) is 30.3 Å². The first kappa shape index (κ1) is 18.6. The molecule has 0 aliphatic carbocycles. The zero-order valence-electron chi connectivity index (χ0n) is 13.7. The largest absolute Gasteiger partial charge is 0.480 e. The minimum absolute atomic E-state index is 0.121. The molecule has 0 saturated carbocycles. The van der Waals surface area contributed by atoms with Gasteiger partial charge in [-0.15, -0.1) is 0 Å². The van der Waals surface area contributed by atoms with Gasteiger partial charge in [0.25, 0.3) is 0 Å². The van der Waals surface area contributed by atoms with Crippen LogP contribution in [0.25, 0.3) is 0 Å². The molecular formula is C17H25NO3S. The smallest absolute Gasteiger partial charge is 0.326 e. The van der Waals surface area contributed by atoms with Gasteiger partial charge in [-0.05, 0) is 18.2 Å². The molecule has 0 fully saturated rings. The molecule has 0 bridgehead atoms. The highest BCUT2D eigenvalue weighted by Crippen LogP contribution is 2.20. The lowest BCUT2D eigenvalue weighted by Crippen LogP contribution is -2.47. The molecule has 0 aromatic heterocycles. The Morgan fingerprint density at radius 1 is 1.18 bits per heavy atom. The fraction of sp³-hybridized carbons (Fsp3) is 0.529. The third-order valence-corrected chi connectivity index (χ3v) is 4.59. The monoisotopic (exact) mass is 323 g/mol. The summed E-state index contributed by atoms with van der Waals surface area (Å²) < 4.78 is 0. The van der Waals surface area contributed by atoms with Gasteiger partial charge in [0.1, 0.15) is 6.04 Å². The Balaban J connectivity index is 3.05. The molecule has 5 heteroatoms. The second-order valence-electron chi connectivity index (χ2n) is 5.74. The molecule has 1 N–H and O–H groups in total. The number of aliphatic carboxylic acids is 1. The SMILES string of the molecule is CSC(C)CC(C(=O)O)N(Cc1ccccc1)C(=O)C(C)C. The van der Waals surface area contributed by atoms with Crippen molar-refractivity contribution in [2.45, 2.75) is 45.0 Å². The van der Waals surface area contributed by atoms with Crippen molar-refractivity contribution < 1.29 is 14.7 Å². The Morgan fingerprint density at radius 2 is 1.77 bits per heavy atom. The van der Waals surface area contributed by atoms with Crippen molar-refractivity contribution in [3.63, 3.8) is 0 Å². The minimum Gasteiger partial charge on any atom is -0.480 e. The van der Waals surface area contributed by atoms with Crippen LogP contribution in [0.5, 0.6) is 0 Å². The summed E-state index contributed by atoms with van der Waals surface area (Å²) in [5.41, 5.74) is 0.944. The van der Waals surface area contributed by atoms with Gasteiger partial charge >= 0.3 is 5.97 Å². The average molecular weight is 323 g/mol. The van der Waals surface area contributed by atoms with Crippen molar-refractivity contribution in [1.29, 1.82) is 0 Å². The van der Waals surface area contributed by atoms with Crippen LogP contribution in [-0.2, 0) is 16.1 Å². The standard InChI is InChI=1S/C17H25NO3S/c1-12(2)16(19)18(11-14-8-6-5-7-9-14)15(17(20)21)10-13(3)22-4/h5-9,12-13,15H,10-11H2,1-4H3,(H,20,21). The first-order valence-corrected chi connectivity index (χ1v) is 8.75. The van der Waals surface area contributed by atoms with E-state index in [9.17, 15) is 14.7 Å². The number of hydrogen-bond donors (Lipinski definition) is 1. The normalized spacial score (nSPS) is 13.7. The van der Waals surface area contributed by atoms with Crippen LogP contribution in [0, 0.1) is 5.92 Å². The highest BCUT2D eigenvalue weighted by molar-refractivity contribution is 7.99. The maximum absolute atomic E-state index is 12.5.